The zero-order valence-corrected chi connectivity index (χ0v) is 8.03. The summed E-state index contributed by atoms with van der Waals surface area (Å²) in [5.74, 6) is 0.785. The van der Waals surface area contributed by atoms with E-state index in [9.17, 15) is 0 Å². The van der Waals surface area contributed by atoms with Gasteiger partial charge in [0.25, 0.3) is 0 Å². The summed E-state index contributed by atoms with van der Waals surface area (Å²) in [4.78, 5) is 4.09. The molecule has 0 bridgehead atoms. The van der Waals surface area contributed by atoms with Crippen LogP contribution in [0.3, 0.4) is 0 Å². The fraction of sp³-hybridized carbons (Fsp3) is 0.700. The molecule has 0 unspecified atom stereocenters. The Bertz CT molecular complexity index is 289. The lowest BCUT2D eigenvalue weighted by molar-refractivity contribution is 0.127. The molecule has 0 saturated heterocycles. The molecule has 0 aromatic carbocycles. The molecule has 0 atom stereocenters. The molecule has 1 aromatic heterocycles. The third kappa shape index (κ3) is 1.61. The topological polar surface area (TPSA) is 38.0 Å². The smallest absolute Gasteiger partial charge is 0.134 e. The monoisotopic (exact) mass is 180 g/mol. The summed E-state index contributed by atoms with van der Waals surface area (Å²) in [7, 11) is 0. The first-order chi connectivity index (χ1) is 6.23. The normalized spacial score (nSPS) is 19.8. The Kier molecular flexibility index (Phi) is 2.12. The van der Waals surface area contributed by atoms with Crippen LogP contribution in [0.15, 0.2) is 12.4 Å². The van der Waals surface area contributed by atoms with E-state index < -0.39 is 0 Å². The summed E-state index contributed by atoms with van der Waals surface area (Å²) >= 11 is 0. The van der Waals surface area contributed by atoms with Crippen LogP contribution < -0.4 is 0 Å². The predicted molar refractivity (Wildman–Crippen MR) is 50.1 cm³/mol. The molecule has 0 aliphatic heterocycles. The Labute approximate surface area is 78.4 Å². The van der Waals surface area contributed by atoms with Gasteiger partial charge in [0.2, 0.25) is 0 Å². The number of hydrogen-bond acceptors (Lipinski definition) is 2. The van der Waals surface area contributed by atoms with E-state index in [0.717, 1.165) is 12.4 Å². The SMILES string of the molecule is CC1(Cn2ccnc2CO)CCC1. The van der Waals surface area contributed by atoms with Crippen LogP contribution in [0.4, 0.5) is 0 Å². The highest BCUT2D eigenvalue weighted by molar-refractivity contribution is 4.94. The van der Waals surface area contributed by atoms with Crippen molar-refractivity contribution in [2.75, 3.05) is 0 Å². The van der Waals surface area contributed by atoms with Gasteiger partial charge in [-0.15, -0.1) is 0 Å². The van der Waals surface area contributed by atoms with Crippen LogP contribution >= 0.6 is 0 Å². The third-order valence-corrected chi connectivity index (χ3v) is 3.06. The van der Waals surface area contributed by atoms with Crippen molar-refractivity contribution in [2.24, 2.45) is 5.41 Å². The van der Waals surface area contributed by atoms with E-state index in [1.165, 1.54) is 19.3 Å². The highest BCUT2D eigenvalue weighted by Crippen LogP contribution is 2.41. The van der Waals surface area contributed by atoms with Crippen molar-refractivity contribution in [2.45, 2.75) is 39.3 Å². The van der Waals surface area contributed by atoms with E-state index in [2.05, 4.69) is 16.5 Å². The Morgan fingerprint density at radius 1 is 1.62 bits per heavy atom. The number of hydrogen-bond donors (Lipinski definition) is 1. The van der Waals surface area contributed by atoms with Gasteiger partial charge in [0.1, 0.15) is 12.4 Å². The Morgan fingerprint density at radius 2 is 2.38 bits per heavy atom. The molecule has 1 heterocycles. The summed E-state index contributed by atoms with van der Waals surface area (Å²) in [6, 6.07) is 0. The quantitative estimate of drug-likeness (QED) is 0.766. The second-order valence-corrected chi connectivity index (χ2v) is 4.29. The van der Waals surface area contributed by atoms with Gasteiger partial charge in [-0.05, 0) is 18.3 Å². The van der Waals surface area contributed by atoms with Crippen molar-refractivity contribution in [1.82, 2.24) is 9.55 Å². The molecule has 2 rings (SSSR count). The highest BCUT2D eigenvalue weighted by atomic mass is 16.3. The standard InChI is InChI=1S/C10H16N2O/c1-10(3-2-4-10)8-12-6-5-11-9(12)7-13/h5-6,13H,2-4,7-8H2,1H3. The minimum absolute atomic E-state index is 0.0447. The molecule has 1 fully saturated rings. The van der Waals surface area contributed by atoms with E-state index in [-0.39, 0.29) is 6.61 Å². The molecule has 3 nitrogen and oxygen atoms in total. The summed E-state index contributed by atoms with van der Waals surface area (Å²) in [5, 5.41) is 9.01. The van der Waals surface area contributed by atoms with Gasteiger partial charge in [0.05, 0.1) is 0 Å². The Morgan fingerprint density at radius 3 is 2.92 bits per heavy atom. The van der Waals surface area contributed by atoms with Gasteiger partial charge in [-0.2, -0.15) is 0 Å². The van der Waals surface area contributed by atoms with E-state index >= 15 is 0 Å². The molecule has 0 radical (unpaired) electrons. The number of nitrogens with zero attached hydrogens (tertiary/aromatic N) is 2. The zero-order chi connectivity index (χ0) is 9.31. The van der Waals surface area contributed by atoms with Crippen LogP contribution in [0, 0.1) is 5.41 Å². The van der Waals surface area contributed by atoms with Gasteiger partial charge in [-0.3, -0.25) is 0 Å². The molecule has 1 aromatic rings. The van der Waals surface area contributed by atoms with Crippen LogP contribution in [0.25, 0.3) is 0 Å². The lowest BCUT2D eigenvalue weighted by Gasteiger charge is -2.38. The van der Waals surface area contributed by atoms with E-state index in [1.807, 2.05) is 6.20 Å². The first-order valence-corrected chi connectivity index (χ1v) is 4.84. The first kappa shape index (κ1) is 8.75. The van der Waals surface area contributed by atoms with E-state index in [4.69, 9.17) is 5.11 Å². The number of aliphatic hydroxyl groups is 1. The van der Waals surface area contributed by atoms with Crippen molar-refractivity contribution in [3.63, 3.8) is 0 Å². The molecule has 1 saturated carbocycles. The molecule has 13 heavy (non-hydrogen) atoms. The number of rotatable bonds is 3. The fourth-order valence-corrected chi connectivity index (χ4v) is 1.99. The highest BCUT2D eigenvalue weighted by Gasteiger charge is 2.32. The van der Waals surface area contributed by atoms with E-state index in [0.29, 0.717) is 5.41 Å². The number of imidazole rings is 1. The average molecular weight is 180 g/mol. The predicted octanol–water partition coefficient (Wildman–Crippen LogP) is 1.57. The van der Waals surface area contributed by atoms with Gasteiger partial charge in [-0.1, -0.05) is 13.3 Å². The molecule has 1 aliphatic rings. The second kappa shape index (κ2) is 3.14. The van der Waals surface area contributed by atoms with Gasteiger partial charge in [0.15, 0.2) is 0 Å². The molecule has 0 spiro atoms. The van der Waals surface area contributed by atoms with Gasteiger partial charge >= 0.3 is 0 Å². The first-order valence-electron chi connectivity index (χ1n) is 4.84. The maximum atomic E-state index is 9.01. The lowest BCUT2D eigenvalue weighted by atomic mass is 9.70. The molecular weight excluding hydrogens is 164 g/mol. The van der Waals surface area contributed by atoms with Crippen LogP contribution in [0.5, 0.6) is 0 Å². The molecule has 1 aliphatic carbocycles. The van der Waals surface area contributed by atoms with Crippen molar-refractivity contribution in [1.29, 1.82) is 0 Å². The van der Waals surface area contributed by atoms with Gasteiger partial charge in [-0.25, -0.2) is 4.98 Å². The van der Waals surface area contributed by atoms with Crippen molar-refractivity contribution in [3.05, 3.63) is 18.2 Å². The van der Waals surface area contributed by atoms with Crippen LogP contribution in [0.1, 0.15) is 32.0 Å². The van der Waals surface area contributed by atoms with Crippen LogP contribution in [0.2, 0.25) is 0 Å². The minimum atomic E-state index is 0.0447. The molecular formula is C10H16N2O. The number of aromatic nitrogens is 2. The lowest BCUT2D eigenvalue weighted by Crippen LogP contribution is -2.31. The largest absolute Gasteiger partial charge is 0.388 e. The summed E-state index contributed by atoms with van der Waals surface area (Å²) in [5.41, 5.74) is 0.449. The maximum Gasteiger partial charge on any atom is 0.134 e. The van der Waals surface area contributed by atoms with Crippen molar-refractivity contribution < 1.29 is 5.11 Å². The van der Waals surface area contributed by atoms with Crippen LogP contribution in [-0.2, 0) is 13.2 Å². The van der Waals surface area contributed by atoms with Crippen molar-refractivity contribution >= 4 is 0 Å². The molecule has 3 heteroatoms. The van der Waals surface area contributed by atoms with Crippen LogP contribution in [-0.4, -0.2) is 14.7 Å². The third-order valence-electron chi connectivity index (χ3n) is 3.06. The Balaban J connectivity index is 2.08. The average Bonchev–Trinajstić information content (AvgIpc) is 2.49. The summed E-state index contributed by atoms with van der Waals surface area (Å²) in [6.07, 6.45) is 7.66. The number of aliphatic hydroxyl groups excluding tert-OH is 1. The molecule has 0 amide bonds. The molecule has 72 valence electrons. The van der Waals surface area contributed by atoms with Crippen molar-refractivity contribution in [3.8, 4) is 0 Å². The maximum absolute atomic E-state index is 9.01. The molecule has 1 N–H and O–H groups in total. The van der Waals surface area contributed by atoms with E-state index in [1.54, 1.807) is 6.20 Å². The van der Waals surface area contributed by atoms with Gasteiger partial charge < -0.3 is 9.67 Å². The zero-order valence-electron chi connectivity index (χ0n) is 8.03. The summed E-state index contributed by atoms with van der Waals surface area (Å²) < 4.78 is 2.07. The Hall–Kier alpha value is -0.830. The summed E-state index contributed by atoms with van der Waals surface area (Å²) in [6.45, 7) is 3.35. The second-order valence-electron chi connectivity index (χ2n) is 4.29. The van der Waals surface area contributed by atoms with Gasteiger partial charge in [0, 0.05) is 18.9 Å². The fourth-order valence-electron chi connectivity index (χ4n) is 1.99. The minimum Gasteiger partial charge on any atom is -0.388 e.